The summed E-state index contributed by atoms with van der Waals surface area (Å²) >= 11 is 0. The molecule has 0 amide bonds. The van der Waals surface area contributed by atoms with Gasteiger partial charge in [-0.25, -0.2) is 13.1 Å². The Morgan fingerprint density at radius 1 is 1.37 bits per heavy atom. The zero-order valence-electron chi connectivity index (χ0n) is 11.6. The molecule has 0 saturated carbocycles. The fraction of sp³-hybridized carbons (Fsp3) is 0.571. The molecule has 0 saturated heterocycles. The van der Waals surface area contributed by atoms with Crippen molar-refractivity contribution in [2.75, 3.05) is 18.4 Å². The Bertz CT molecular complexity index is 538. The fourth-order valence-corrected chi connectivity index (χ4v) is 3.28. The number of aryl methyl sites for hydroxylation is 1. The lowest BCUT2D eigenvalue weighted by atomic mass is 10.0. The van der Waals surface area contributed by atoms with E-state index in [0.29, 0.717) is 17.4 Å². The first kappa shape index (κ1) is 14.3. The van der Waals surface area contributed by atoms with E-state index in [1.807, 2.05) is 6.07 Å². The van der Waals surface area contributed by atoms with Crippen LogP contribution in [0.3, 0.4) is 0 Å². The first-order valence-corrected chi connectivity index (χ1v) is 8.34. The van der Waals surface area contributed by atoms with Gasteiger partial charge < -0.3 is 5.32 Å². The van der Waals surface area contributed by atoms with Gasteiger partial charge in [0.2, 0.25) is 10.0 Å². The quantitative estimate of drug-likeness (QED) is 0.871. The van der Waals surface area contributed by atoms with Crippen LogP contribution in [-0.2, 0) is 16.4 Å². The van der Waals surface area contributed by atoms with Crippen LogP contribution in [0.15, 0.2) is 23.1 Å². The summed E-state index contributed by atoms with van der Waals surface area (Å²) in [5, 5.41) is 3.28. The van der Waals surface area contributed by atoms with Gasteiger partial charge in [0.25, 0.3) is 0 Å². The summed E-state index contributed by atoms with van der Waals surface area (Å²) in [6, 6.07) is 5.33. The number of anilines is 1. The SMILES string of the molecule is CC(C)CCNS(=O)(=O)c1ccc2c(c1)CCCN2. The van der Waals surface area contributed by atoms with E-state index in [1.165, 1.54) is 0 Å². The average Bonchev–Trinajstić information content (AvgIpc) is 2.37. The first-order chi connectivity index (χ1) is 8.99. The summed E-state index contributed by atoms with van der Waals surface area (Å²) in [4.78, 5) is 0.374. The van der Waals surface area contributed by atoms with Crippen molar-refractivity contribution in [3.63, 3.8) is 0 Å². The molecule has 1 aliphatic heterocycles. The lowest BCUT2D eigenvalue weighted by Crippen LogP contribution is -2.26. The van der Waals surface area contributed by atoms with Gasteiger partial charge in [0.15, 0.2) is 0 Å². The van der Waals surface area contributed by atoms with Gasteiger partial charge in [0, 0.05) is 18.8 Å². The van der Waals surface area contributed by atoms with E-state index in [9.17, 15) is 8.42 Å². The molecule has 4 nitrogen and oxygen atoms in total. The van der Waals surface area contributed by atoms with Crippen LogP contribution < -0.4 is 10.0 Å². The van der Waals surface area contributed by atoms with Crippen molar-refractivity contribution >= 4 is 15.7 Å². The second kappa shape index (κ2) is 5.92. The van der Waals surface area contributed by atoms with Crippen molar-refractivity contribution in [2.24, 2.45) is 5.92 Å². The van der Waals surface area contributed by atoms with Crippen LogP contribution in [0.2, 0.25) is 0 Å². The summed E-state index contributed by atoms with van der Waals surface area (Å²) in [7, 11) is -3.37. The highest BCUT2D eigenvalue weighted by atomic mass is 32.2. The lowest BCUT2D eigenvalue weighted by molar-refractivity contribution is 0.551. The van der Waals surface area contributed by atoms with Crippen molar-refractivity contribution in [1.82, 2.24) is 4.72 Å². The van der Waals surface area contributed by atoms with Crippen LogP contribution in [0.1, 0.15) is 32.3 Å². The van der Waals surface area contributed by atoms with E-state index in [4.69, 9.17) is 0 Å². The number of sulfonamides is 1. The Kier molecular flexibility index (Phi) is 4.47. The third kappa shape index (κ3) is 3.70. The van der Waals surface area contributed by atoms with Crippen LogP contribution in [0.25, 0.3) is 0 Å². The van der Waals surface area contributed by atoms with E-state index in [0.717, 1.165) is 37.1 Å². The Morgan fingerprint density at radius 2 is 2.16 bits per heavy atom. The zero-order valence-corrected chi connectivity index (χ0v) is 12.4. The van der Waals surface area contributed by atoms with Gasteiger partial charge in [-0.15, -0.1) is 0 Å². The number of fused-ring (bicyclic) bond motifs is 1. The highest BCUT2D eigenvalue weighted by molar-refractivity contribution is 7.89. The third-order valence-corrected chi connectivity index (χ3v) is 4.80. The molecule has 0 aliphatic carbocycles. The van der Waals surface area contributed by atoms with E-state index in [2.05, 4.69) is 23.9 Å². The van der Waals surface area contributed by atoms with Gasteiger partial charge >= 0.3 is 0 Å². The molecule has 0 spiro atoms. The van der Waals surface area contributed by atoms with Crippen molar-refractivity contribution in [1.29, 1.82) is 0 Å². The molecular weight excluding hydrogens is 260 g/mol. The number of hydrogen-bond acceptors (Lipinski definition) is 3. The summed E-state index contributed by atoms with van der Waals surface area (Å²) in [5.41, 5.74) is 2.16. The molecule has 5 heteroatoms. The van der Waals surface area contributed by atoms with Gasteiger partial charge in [0.1, 0.15) is 0 Å². The zero-order chi connectivity index (χ0) is 13.9. The second-order valence-electron chi connectivity index (χ2n) is 5.43. The smallest absolute Gasteiger partial charge is 0.240 e. The predicted octanol–water partition coefficient (Wildman–Crippen LogP) is 2.37. The molecule has 0 aromatic heterocycles. The van der Waals surface area contributed by atoms with E-state index < -0.39 is 10.0 Å². The summed E-state index contributed by atoms with van der Waals surface area (Å²) in [5.74, 6) is 0.496. The largest absolute Gasteiger partial charge is 0.385 e. The Hall–Kier alpha value is -1.07. The van der Waals surface area contributed by atoms with Gasteiger partial charge in [-0.2, -0.15) is 0 Å². The molecule has 0 fully saturated rings. The van der Waals surface area contributed by atoms with Crippen LogP contribution >= 0.6 is 0 Å². The number of hydrogen-bond donors (Lipinski definition) is 2. The van der Waals surface area contributed by atoms with Gasteiger partial charge in [-0.3, -0.25) is 0 Å². The van der Waals surface area contributed by atoms with E-state index in [1.54, 1.807) is 12.1 Å². The van der Waals surface area contributed by atoms with Crippen molar-refractivity contribution in [3.05, 3.63) is 23.8 Å². The molecule has 2 rings (SSSR count). The number of benzene rings is 1. The molecule has 1 aliphatic rings. The molecule has 1 aromatic carbocycles. The number of nitrogens with one attached hydrogen (secondary N) is 2. The minimum atomic E-state index is -3.37. The normalized spacial score (nSPS) is 15.1. The molecule has 0 atom stereocenters. The van der Waals surface area contributed by atoms with Gasteiger partial charge in [0.05, 0.1) is 4.90 Å². The van der Waals surface area contributed by atoms with Crippen LogP contribution in [0.5, 0.6) is 0 Å². The summed E-state index contributed by atoms with van der Waals surface area (Å²) in [6.45, 7) is 5.62. The Balaban J connectivity index is 2.12. The molecule has 0 unspecified atom stereocenters. The molecule has 0 radical (unpaired) electrons. The molecule has 106 valence electrons. The maximum absolute atomic E-state index is 12.2. The van der Waals surface area contributed by atoms with Crippen molar-refractivity contribution in [3.8, 4) is 0 Å². The molecule has 2 N–H and O–H groups in total. The minimum absolute atomic E-state index is 0.374. The minimum Gasteiger partial charge on any atom is -0.385 e. The Labute approximate surface area is 115 Å². The standard InChI is InChI=1S/C14H22N2O2S/c1-11(2)7-9-16-19(17,18)13-5-6-14-12(10-13)4-3-8-15-14/h5-6,10-11,15-16H,3-4,7-9H2,1-2H3. The molecule has 0 bridgehead atoms. The van der Waals surface area contributed by atoms with Crippen LogP contribution in [0, 0.1) is 5.92 Å². The van der Waals surface area contributed by atoms with Crippen LogP contribution in [0.4, 0.5) is 5.69 Å². The fourth-order valence-electron chi connectivity index (χ4n) is 2.18. The second-order valence-corrected chi connectivity index (χ2v) is 7.20. The lowest BCUT2D eigenvalue weighted by Gasteiger charge is -2.18. The summed E-state index contributed by atoms with van der Waals surface area (Å²) < 4.78 is 27.0. The first-order valence-electron chi connectivity index (χ1n) is 6.85. The van der Waals surface area contributed by atoms with Gasteiger partial charge in [-0.1, -0.05) is 13.8 Å². The molecule has 1 heterocycles. The highest BCUT2D eigenvalue weighted by Gasteiger charge is 2.17. The third-order valence-electron chi connectivity index (χ3n) is 3.34. The van der Waals surface area contributed by atoms with E-state index >= 15 is 0 Å². The van der Waals surface area contributed by atoms with Gasteiger partial charge in [-0.05, 0) is 48.9 Å². The Morgan fingerprint density at radius 3 is 2.89 bits per heavy atom. The number of rotatable bonds is 5. The monoisotopic (exact) mass is 282 g/mol. The molecule has 1 aromatic rings. The topological polar surface area (TPSA) is 58.2 Å². The van der Waals surface area contributed by atoms with E-state index in [-0.39, 0.29) is 0 Å². The highest BCUT2D eigenvalue weighted by Crippen LogP contribution is 2.24. The maximum atomic E-state index is 12.2. The molecular formula is C14H22N2O2S. The molecule has 19 heavy (non-hydrogen) atoms. The maximum Gasteiger partial charge on any atom is 0.240 e. The average molecular weight is 282 g/mol. The van der Waals surface area contributed by atoms with Crippen molar-refractivity contribution in [2.45, 2.75) is 38.0 Å². The predicted molar refractivity (Wildman–Crippen MR) is 77.9 cm³/mol. The summed E-state index contributed by atoms with van der Waals surface area (Å²) in [6.07, 6.45) is 2.85. The van der Waals surface area contributed by atoms with Crippen LogP contribution in [-0.4, -0.2) is 21.5 Å². The van der Waals surface area contributed by atoms with Crippen molar-refractivity contribution < 1.29 is 8.42 Å².